The van der Waals surface area contributed by atoms with Gasteiger partial charge in [0, 0.05) is 7.05 Å². The fraction of sp³-hybridized carbons (Fsp3) is 0.250. The first-order valence-corrected chi connectivity index (χ1v) is 11.2. The number of para-hydroxylation sites is 1. The molecule has 0 aliphatic carbocycles. The van der Waals surface area contributed by atoms with Crippen LogP contribution >= 0.6 is 24.0 Å². The van der Waals surface area contributed by atoms with Gasteiger partial charge in [-0.3, -0.25) is 9.69 Å². The zero-order valence-corrected chi connectivity index (χ0v) is 19.3. The van der Waals surface area contributed by atoms with Crippen LogP contribution in [0.4, 0.5) is 0 Å². The Morgan fingerprint density at radius 2 is 1.81 bits per heavy atom. The van der Waals surface area contributed by atoms with Gasteiger partial charge in [0.2, 0.25) is 0 Å². The first kappa shape index (κ1) is 22.9. The maximum absolute atomic E-state index is 12.2. The first-order chi connectivity index (χ1) is 15.0. The Hall–Kier alpha value is -2.77. The molecule has 2 aromatic carbocycles. The molecule has 162 valence electrons. The van der Waals surface area contributed by atoms with E-state index in [0.717, 1.165) is 23.3 Å². The monoisotopic (exact) mass is 455 g/mol. The highest BCUT2D eigenvalue weighted by Crippen LogP contribution is 2.34. The van der Waals surface area contributed by atoms with E-state index in [1.807, 2.05) is 61.5 Å². The second kappa shape index (κ2) is 11.0. The molecule has 0 spiro atoms. The summed E-state index contributed by atoms with van der Waals surface area (Å²) in [4.78, 5) is 14.3. The maximum Gasteiger partial charge on any atom is 0.265 e. The Morgan fingerprint density at radius 3 is 2.48 bits per heavy atom. The van der Waals surface area contributed by atoms with Crippen molar-refractivity contribution in [3.8, 4) is 17.2 Å². The van der Waals surface area contributed by atoms with Crippen LogP contribution in [0.5, 0.6) is 17.2 Å². The molecule has 1 heterocycles. The average molecular weight is 456 g/mol. The van der Waals surface area contributed by atoms with Crippen LogP contribution in [0, 0.1) is 0 Å². The lowest BCUT2D eigenvalue weighted by atomic mass is 10.1. The molecule has 1 saturated heterocycles. The number of rotatable bonds is 10. The van der Waals surface area contributed by atoms with Crippen molar-refractivity contribution in [2.75, 3.05) is 26.9 Å². The van der Waals surface area contributed by atoms with Crippen molar-refractivity contribution in [3.05, 3.63) is 71.2 Å². The van der Waals surface area contributed by atoms with Crippen LogP contribution in [0.2, 0.25) is 0 Å². The van der Waals surface area contributed by atoms with Crippen LogP contribution in [0.15, 0.2) is 60.0 Å². The quantitative estimate of drug-likeness (QED) is 0.215. The molecule has 0 radical (unpaired) electrons. The zero-order valence-electron chi connectivity index (χ0n) is 17.6. The number of likely N-dealkylation sites (N-methyl/N-ethyl adjacent to an activating group) is 1. The summed E-state index contributed by atoms with van der Waals surface area (Å²) in [5, 5.41) is 0. The van der Waals surface area contributed by atoms with E-state index in [0.29, 0.717) is 40.5 Å². The molecule has 0 N–H and O–H groups in total. The standard InChI is InChI=1S/C24H25NO4S2/c1-4-8-18-9-6-7-10-19(18)28-13-14-29-20-12-11-17(15-21(20)27-5-2)16-22-23(26)25(3)24(30)31-22/h4,6-7,9-12,15-16H,1,5,8,13-14H2,2-3H3. The fourth-order valence-corrected chi connectivity index (χ4v) is 4.15. The summed E-state index contributed by atoms with van der Waals surface area (Å²) in [5.41, 5.74) is 1.94. The summed E-state index contributed by atoms with van der Waals surface area (Å²) in [7, 11) is 1.68. The number of nitrogens with zero attached hydrogens (tertiary/aromatic N) is 1. The number of hydrogen-bond acceptors (Lipinski definition) is 6. The van der Waals surface area contributed by atoms with E-state index < -0.39 is 0 Å². The highest BCUT2D eigenvalue weighted by Gasteiger charge is 2.28. The fourth-order valence-electron chi connectivity index (χ4n) is 2.97. The number of carbonyl (C=O) groups excluding carboxylic acids is 1. The van der Waals surface area contributed by atoms with E-state index >= 15 is 0 Å². The van der Waals surface area contributed by atoms with Gasteiger partial charge in [0.1, 0.15) is 23.3 Å². The molecular formula is C24H25NO4S2. The number of ether oxygens (including phenoxy) is 3. The third kappa shape index (κ3) is 5.89. The minimum Gasteiger partial charge on any atom is -0.490 e. The topological polar surface area (TPSA) is 48.0 Å². The predicted molar refractivity (Wildman–Crippen MR) is 130 cm³/mol. The Balaban J connectivity index is 1.65. The smallest absolute Gasteiger partial charge is 0.265 e. The molecule has 31 heavy (non-hydrogen) atoms. The van der Waals surface area contributed by atoms with Crippen molar-refractivity contribution < 1.29 is 19.0 Å². The summed E-state index contributed by atoms with van der Waals surface area (Å²) in [5.74, 6) is 1.99. The Morgan fingerprint density at radius 1 is 1.06 bits per heavy atom. The van der Waals surface area contributed by atoms with Crippen LogP contribution in [-0.4, -0.2) is 42.0 Å². The Kier molecular flexibility index (Phi) is 8.14. The molecule has 3 rings (SSSR count). The Bertz CT molecular complexity index is 1000. The molecule has 0 bridgehead atoms. The van der Waals surface area contributed by atoms with E-state index in [4.69, 9.17) is 26.4 Å². The second-order valence-corrected chi connectivity index (χ2v) is 8.35. The molecule has 0 aromatic heterocycles. The van der Waals surface area contributed by atoms with Gasteiger partial charge in [0.25, 0.3) is 5.91 Å². The third-order valence-electron chi connectivity index (χ3n) is 4.49. The Labute approximate surface area is 192 Å². The molecule has 1 fully saturated rings. The SMILES string of the molecule is C=CCc1ccccc1OCCOc1ccc(C=C2SC(=S)N(C)C2=O)cc1OCC. The van der Waals surface area contributed by atoms with Gasteiger partial charge in [-0.1, -0.05) is 54.3 Å². The minimum absolute atomic E-state index is 0.0952. The number of carbonyl (C=O) groups is 1. The van der Waals surface area contributed by atoms with Gasteiger partial charge >= 0.3 is 0 Å². The van der Waals surface area contributed by atoms with E-state index in [2.05, 4.69) is 6.58 Å². The molecule has 1 aliphatic rings. The number of hydrogen-bond donors (Lipinski definition) is 0. The van der Waals surface area contributed by atoms with Crippen molar-refractivity contribution in [1.82, 2.24) is 4.90 Å². The van der Waals surface area contributed by atoms with Gasteiger partial charge in [-0.05, 0) is 48.7 Å². The molecule has 1 amide bonds. The van der Waals surface area contributed by atoms with Gasteiger partial charge in [0.05, 0.1) is 11.5 Å². The highest BCUT2D eigenvalue weighted by molar-refractivity contribution is 8.26. The van der Waals surface area contributed by atoms with Crippen LogP contribution in [0.3, 0.4) is 0 Å². The lowest BCUT2D eigenvalue weighted by molar-refractivity contribution is -0.121. The molecule has 5 nitrogen and oxygen atoms in total. The molecule has 2 aromatic rings. The number of thioether (sulfide) groups is 1. The molecule has 1 aliphatic heterocycles. The summed E-state index contributed by atoms with van der Waals surface area (Å²) in [6, 6.07) is 13.5. The van der Waals surface area contributed by atoms with Crippen LogP contribution in [0.25, 0.3) is 6.08 Å². The van der Waals surface area contributed by atoms with Crippen LogP contribution in [0.1, 0.15) is 18.1 Å². The molecule has 0 saturated carbocycles. The lowest BCUT2D eigenvalue weighted by Crippen LogP contribution is -2.22. The van der Waals surface area contributed by atoms with Crippen molar-refractivity contribution in [1.29, 1.82) is 0 Å². The van der Waals surface area contributed by atoms with Gasteiger partial charge < -0.3 is 14.2 Å². The zero-order chi connectivity index (χ0) is 22.2. The van der Waals surface area contributed by atoms with Gasteiger partial charge in [0.15, 0.2) is 11.5 Å². The summed E-state index contributed by atoms with van der Waals surface area (Å²) < 4.78 is 18.1. The predicted octanol–water partition coefficient (Wildman–Crippen LogP) is 5.10. The highest BCUT2D eigenvalue weighted by atomic mass is 32.2. The van der Waals surface area contributed by atoms with Crippen molar-refractivity contribution >= 4 is 40.3 Å². The van der Waals surface area contributed by atoms with E-state index in [-0.39, 0.29) is 5.91 Å². The van der Waals surface area contributed by atoms with E-state index in [1.54, 1.807) is 7.05 Å². The molecule has 0 atom stereocenters. The number of allylic oxidation sites excluding steroid dienone is 1. The summed E-state index contributed by atoms with van der Waals surface area (Å²) >= 11 is 6.48. The molecular weight excluding hydrogens is 430 g/mol. The lowest BCUT2D eigenvalue weighted by Gasteiger charge is -2.14. The maximum atomic E-state index is 12.2. The van der Waals surface area contributed by atoms with Crippen LogP contribution < -0.4 is 14.2 Å². The average Bonchev–Trinajstić information content (AvgIpc) is 3.00. The summed E-state index contributed by atoms with van der Waals surface area (Å²) in [6.07, 6.45) is 4.42. The number of amides is 1. The second-order valence-electron chi connectivity index (χ2n) is 6.68. The van der Waals surface area contributed by atoms with Gasteiger partial charge in [-0.15, -0.1) is 6.58 Å². The number of benzene rings is 2. The largest absolute Gasteiger partial charge is 0.490 e. The van der Waals surface area contributed by atoms with Crippen molar-refractivity contribution in [3.63, 3.8) is 0 Å². The molecule has 7 heteroatoms. The van der Waals surface area contributed by atoms with Gasteiger partial charge in [-0.2, -0.15) is 0 Å². The normalized spacial score (nSPS) is 14.8. The van der Waals surface area contributed by atoms with E-state index in [9.17, 15) is 4.79 Å². The number of thiocarbonyl (C=S) groups is 1. The van der Waals surface area contributed by atoms with E-state index in [1.165, 1.54) is 16.7 Å². The van der Waals surface area contributed by atoms with Crippen LogP contribution in [-0.2, 0) is 11.2 Å². The first-order valence-electron chi connectivity index (χ1n) is 9.96. The third-order valence-corrected chi connectivity index (χ3v) is 5.97. The minimum atomic E-state index is -0.0952. The summed E-state index contributed by atoms with van der Waals surface area (Å²) in [6.45, 7) is 6.98. The van der Waals surface area contributed by atoms with Crippen molar-refractivity contribution in [2.24, 2.45) is 0 Å². The molecule has 0 unspecified atom stereocenters. The van der Waals surface area contributed by atoms with Gasteiger partial charge in [-0.25, -0.2) is 0 Å². The van der Waals surface area contributed by atoms with Crippen molar-refractivity contribution in [2.45, 2.75) is 13.3 Å².